The minimum Gasteiger partial charge on any atom is -0.336 e. The van der Waals surface area contributed by atoms with Gasteiger partial charge in [-0.05, 0) is 30.4 Å². The molecule has 7 heteroatoms. The third kappa shape index (κ3) is 5.37. The van der Waals surface area contributed by atoms with Gasteiger partial charge in [0, 0.05) is 24.9 Å². The summed E-state index contributed by atoms with van der Waals surface area (Å²) >= 11 is 0. The average Bonchev–Trinajstić information content (AvgIpc) is 2.90. The van der Waals surface area contributed by atoms with Gasteiger partial charge in [-0.25, -0.2) is 9.80 Å². The normalized spacial score (nSPS) is 19.0. The van der Waals surface area contributed by atoms with Crippen molar-refractivity contribution in [3.8, 4) is 0 Å². The minimum absolute atomic E-state index is 0.0407. The first-order chi connectivity index (χ1) is 13.4. The molecule has 0 aromatic rings. The molecule has 2 aliphatic rings. The molecule has 0 aliphatic carbocycles. The second-order valence-electron chi connectivity index (χ2n) is 8.72. The van der Waals surface area contributed by atoms with Gasteiger partial charge in [0.2, 0.25) is 0 Å². The zero-order valence-corrected chi connectivity index (χ0v) is 18.6. The Morgan fingerprint density at radius 2 is 1.79 bits per heavy atom. The SMILES string of the molecule is C=C/C(C)=C(\C=N/N1CCN(C)C1=O)C(=C)N1CN(C(=N)/C(C)=C\C(C)(C)C)C1. The first kappa shape index (κ1) is 22.5. The van der Waals surface area contributed by atoms with E-state index in [4.69, 9.17) is 5.41 Å². The molecule has 0 radical (unpaired) electrons. The highest BCUT2D eigenvalue weighted by Crippen LogP contribution is 2.25. The fourth-order valence-corrected chi connectivity index (χ4v) is 3.20. The fourth-order valence-electron chi connectivity index (χ4n) is 3.20. The van der Waals surface area contributed by atoms with Crippen LogP contribution in [0.15, 0.2) is 52.8 Å². The Labute approximate surface area is 174 Å². The Hall–Kier alpha value is -2.83. The van der Waals surface area contributed by atoms with Crippen molar-refractivity contribution in [3.63, 3.8) is 0 Å². The Balaban J connectivity index is 2.06. The van der Waals surface area contributed by atoms with Gasteiger partial charge < -0.3 is 14.7 Å². The van der Waals surface area contributed by atoms with Crippen molar-refractivity contribution >= 4 is 18.1 Å². The molecule has 0 unspecified atom stereocenters. The maximum absolute atomic E-state index is 12.0. The Bertz CT molecular complexity index is 793. The summed E-state index contributed by atoms with van der Waals surface area (Å²) in [6.45, 7) is 20.8. The topological polar surface area (TPSA) is 66.2 Å². The van der Waals surface area contributed by atoms with E-state index in [0.29, 0.717) is 32.3 Å². The molecule has 158 valence electrons. The highest BCUT2D eigenvalue weighted by atomic mass is 16.2. The number of hydrazone groups is 1. The number of rotatable bonds is 6. The van der Waals surface area contributed by atoms with E-state index < -0.39 is 0 Å². The van der Waals surface area contributed by atoms with Crippen LogP contribution in [0.3, 0.4) is 0 Å². The number of allylic oxidation sites excluding steroid dienone is 4. The predicted molar refractivity (Wildman–Crippen MR) is 120 cm³/mol. The van der Waals surface area contributed by atoms with E-state index in [9.17, 15) is 4.79 Å². The second kappa shape index (κ2) is 8.68. The third-order valence-electron chi connectivity index (χ3n) is 4.97. The number of hydrogen-bond donors (Lipinski definition) is 1. The van der Waals surface area contributed by atoms with Crippen LogP contribution in [0, 0.1) is 10.8 Å². The van der Waals surface area contributed by atoms with Crippen LogP contribution in [-0.2, 0) is 0 Å². The molecule has 2 rings (SSSR count). The molecule has 29 heavy (non-hydrogen) atoms. The van der Waals surface area contributed by atoms with Crippen molar-refractivity contribution in [3.05, 3.63) is 47.7 Å². The van der Waals surface area contributed by atoms with Gasteiger partial charge in [-0.1, -0.05) is 46.1 Å². The van der Waals surface area contributed by atoms with E-state index in [1.165, 1.54) is 5.01 Å². The monoisotopic (exact) mass is 398 g/mol. The lowest BCUT2D eigenvalue weighted by molar-refractivity contribution is 0.0660. The zero-order valence-electron chi connectivity index (χ0n) is 18.6. The molecule has 0 atom stereocenters. The average molecular weight is 399 g/mol. The summed E-state index contributed by atoms with van der Waals surface area (Å²) in [5.41, 5.74) is 3.61. The van der Waals surface area contributed by atoms with Crippen LogP contribution in [0.5, 0.6) is 0 Å². The van der Waals surface area contributed by atoms with Crippen LogP contribution < -0.4 is 0 Å². The lowest BCUT2D eigenvalue weighted by Gasteiger charge is -2.46. The number of amidine groups is 1. The zero-order chi connectivity index (χ0) is 21.9. The number of carbonyl (C=O) groups is 1. The van der Waals surface area contributed by atoms with Gasteiger partial charge in [0.1, 0.15) is 5.84 Å². The van der Waals surface area contributed by atoms with Gasteiger partial charge in [0.25, 0.3) is 0 Å². The molecule has 2 heterocycles. The molecular weight excluding hydrogens is 364 g/mol. The van der Waals surface area contributed by atoms with Crippen molar-refractivity contribution < 1.29 is 4.79 Å². The molecule has 2 saturated heterocycles. The highest BCUT2D eigenvalue weighted by Gasteiger charge is 2.30. The standard InChI is InChI=1S/C22H34N6O/c1-9-16(2)19(13-24-28-11-10-25(8)21(28)29)18(4)26-14-27(15-26)20(23)17(3)12-22(5,6)7/h9,12-13,23H,1,4,10-11,14-15H2,2-3,5-8H3/b17-12-,19-16+,23-20?,24-13-. The summed E-state index contributed by atoms with van der Waals surface area (Å²) < 4.78 is 0. The van der Waals surface area contributed by atoms with E-state index in [1.54, 1.807) is 24.2 Å². The highest BCUT2D eigenvalue weighted by molar-refractivity contribution is 5.96. The number of likely N-dealkylation sites (N-methyl/N-ethyl adjacent to an activating group) is 1. The first-order valence-electron chi connectivity index (χ1n) is 9.82. The van der Waals surface area contributed by atoms with Crippen LogP contribution in [0.2, 0.25) is 0 Å². The summed E-state index contributed by atoms with van der Waals surface area (Å²) in [6, 6.07) is -0.104. The van der Waals surface area contributed by atoms with Gasteiger partial charge in [-0.15, -0.1) is 0 Å². The summed E-state index contributed by atoms with van der Waals surface area (Å²) in [5.74, 6) is 0.536. The Kier molecular flexibility index (Phi) is 6.72. The van der Waals surface area contributed by atoms with Gasteiger partial charge in [-0.2, -0.15) is 5.10 Å². The molecule has 0 bridgehead atoms. The number of carbonyl (C=O) groups excluding carboxylic acids is 1. The Morgan fingerprint density at radius 1 is 1.17 bits per heavy atom. The van der Waals surface area contributed by atoms with Crippen LogP contribution in [0.4, 0.5) is 4.79 Å². The lowest BCUT2D eigenvalue weighted by Crippen LogP contribution is -2.57. The van der Waals surface area contributed by atoms with E-state index in [1.807, 2.05) is 18.7 Å². The molecule has 0 spiro atoms. The van der Waals surface area contributed by atoms with E-state index in [0.717, 1.165) is 22.4 Å². The minimum atomic E-state index is -0.104. The van der Waals surface area contributed by atoms with Gasteiger partial charge in [0.15, 0.2) is 0 Å². The molecular formula is C22H34N6O. The summed E-state index contributed by atoms with van der Waals surface area (Å²) in [4.78, 5) is 17.8. The molecule has 0 aromatic carbocycles. The van der Waals surface area contributed by atoms with Gasteiger partial charge >= 0.3 is 6.03 Å². The van der Waals surface area contributed by atoms with Gasteiger partial charge in [-0.3, -0.25) is 5.41 Å². The number of nitrogens with one attached hydrogen (secondary N) is 1. The van der Waals surface area contributed by atoms with Crippen LogP contribution in [0.25, 0.3) is 0 Å². The van der Waals surface area contributed by atoms with Crippen molar-refractivity contribution in [1.29, 1.82) is 5.41 Å². The number of hydrogen-bond acceptors (Lipinski definition) is 4. The number of amides is 2. The summed E-state index contributed by atoms with van der Waals surface area (Å²) in [7, 11) is 1.77. The van der Waals surface area contributed by atoms with Crippen LogP contribution in [-0.4, -0.2) is 71.3 Å². The van der Waals surface area contributed by atoms with Crippen molar-refractivity contribution in [2.75, 3.05) is 33.5 Å². The molecule has 2 fully saturated rings. The van der Waals surface area contributed by atoms with E-state index in [-0.39, 0.29) is 11.4 Å². The molecule has 2 aliphatic heterocycles. The second-order valence-corrected chi connectivity index (χ2v) is 8.72. The molecule has 7 nitrogen and oxygen atoms in total. The van der Waals surface area contributed by atoms with Crippen LogP contribution >= 0.6 is 0 Å². The summed E-state index contributed by atoms with van der Waals surface area (Å²) in [5, 5.41) is 14.3. The smallest absolute Gasteiger partial charge is 0.336 e. The predicted octanol–water partition coefficient (Wildman–Crippen LogP) is 3.86. The third-order valence-corrected chi connectivity index (χ3v) is 4.97. The first-order valence-corrected chi connectivity index (χ1v) is 9.82. The van der Waals surface area contributed by atoms with Crippen molar-refractivity contribution in [1.82, 2.24) is 19.7 Å². The number of nitrogens with zero attached hydrogens (tertiary/aromatic N) is 5. The molecule has 1 N–H and O–H groups in total. The molecule has 0 aromatic heterocycles. The molecule has 2 amide bonds. The van der Waals surface area contributed by atoms with Gasteiger partial charge in [0.05, 0.1) is 26.1 Å². The Morgan fingerprint density at radius 3 is 2.28 bits per heavy atom. The van der Waals surface area contributed by atoms with E-state index >= 15 is 0 Å². The van der Waals surface area contributed by atoms with Crippen molar-refractivity contribution in [2.24, 2.45) is 10.5 Å². The maximum atomic E-state index is 12.0. The molecule has 0 saturated carbocycles. The van der Waals surface area contributed by atoms with Crippen LogP contribution in [0.1, 0.15) is 34.6 Å². The fraction of sp³-hybridized carbons (Fsp3) is 0.500. The quantitative estimate of drug-likeness (QED) is 0.420. The number of urea groups is 1. The van der Waals surface area contributed by atoms with E-state index in [2.05, 4.69) is 50.0 Å². The maximum Gasteiger partial charge on any atom is 0.340 e. The summed E-state index contributed by atoms with van der Waals surface area (Å²) in [6.07, 6.45) is 5.58. The lowest BCUT2D eigenvalue weighted by atomic mass is 9.93. The van der Waals surface area contributed by atoms with Crippen molar-refractivity contribution in [2.45, 2.75) is 34.6 Å². The largest absolute Gasteiger partial charge is 0.340 e.